The quantitative estimate of drug-likeness (QED) is 0.436. The maximum absolute atomic E-state index is 12.8. The summed E-state index contributed by atoms with van der Waals surface area (Å²) in [5, 5.41) is 11.5. The van der Waals surface area contributed by atoms with Gasteiger partial charge in [-0.05, 0) is 44.0 Å². The number of aromatic nitrogens is 4. The highest BCUT2D eigenvalue weighted by molar-refractivity contribution is 6.31. The number of rotatable bonds is 7. The third-order valence-electron chi connectivity index (χ3n) is 4.95. The van der Waals surface area contributed by atoms with Crippen LogP contribution in [0.25, 0.3) is 0 Å². The lowest BCUT2D eigenvalue weighted by Gasteiger charge is -2.10. The molecular weight excluding hydrogens is 430 g/mol. The highest BCUT2D eigenvalue weighted by Gasteiger charge is 2.22. The van der Waals surface area contributed by atoms with Crippen molar-refractivity contribution in [2.45, 2.75) is 33.9 Å². The summed E-state index contributed by atoms with van der Waals surface area (Å²) in [6.45, 7) is 6.31. The minimum atomic E-state index is -0.475. The molecule has 0 aliphatic rings. The number of aryl methyl sites for hydroxylation is 3. The van der Waals surface area contributed by atoms with Gasteiger partial charge in [0.15, 0.2) is 5.69 Å². The standard InChI is InChI=1S/C23H22ClN5O3/c1-14-8-9-20(15(2)10-14)31-12-18-16(3)32-28-21(18)22(30)26-23-25-13-29(27-23)11-17-6-4-5-7-19(17)24/h4-10,13H,11-12H2,1-3H3,(H,26,27,30). The van der Waals surface area contributed by atoms with E-state index in [4.69, 9.17) is 20.9 Å². The van der Waals surface area contributed by atoms with E-state index in [1.165, 1.54) is 6.33 Å². The van der Waals surface area contributed by atoms with Gasteiger partial charge in [-0.25, -0.2) is 9.67 Å². The lowest BCUT2D eigenvalue weighted by molar-refractivity contribution is 0.101. The van der Waals surface area contributed by atoms with Gasteiger partial charge < -0.3 is 9.26 Å². The van der Waals surface area contributed by atoms with E-state index in [1.807, 2.05) is 56.3 Å². The fourth-order valence-electron chi connectivity index (χ4n) is 3.24. The predicted octanol–water partition coefficient (Wildman–Crippen LogP) is 4.72. The Labute approximate surface area is 190 Å². The number of carbonyl (C=O) groups is 1. The summed E-state index contributed by atoms with van der Waals surface area (Å²) in [4.78, 5) is 16.9. The second-order valence-electron chi connectivity index (χ2n) is 7.43. The van der Waals surface area contributed by atoms with Crippen LogP contribution in [0, 0.1) is 20.8 Å². The van der Waals surface area contributed by atoms with Crippen molar-refractivity contribution in [1.29, 1.82) is 0 Å². The van der Waals surface area contributed by atoms with Crippen molar-refractivity contribution in [3.8, 4) is 5.75 Å². The summed E-state index contributed by atoms with van der Waals surface area (Å²) in [5.41, 5.74) is 3.76. The fraction of sp³-hybridized carbons (Fsp3) is 0.217. The van der Waals surface area contributed by atoms with Crippen LogP contribution in [0.1, 0.15) is 38.5 Å². The first-order valence-corrected chi connectivity index (χ1v) is 10.4. The zero-order chi connectivity index (χ0) is 22.7. The average molecular weight is 452 g/mol. The molecule has 0 spiro atoms. The Kier molecular flexibility index (Phi) is 6.23. The first-order chi connectivity index (χ1) is 15.4. The molecule has 2 aromatic carbocycles. The summed E-state index contributed by atoms with van der Waals surface area (Å²) in [6, 6.07) is 13.4. The van der Waals surface area contributed by atoms with Gasteiger partial charge in [-0.15, -0.1) is 5.10 Å². The molecule has 0 atom stereocenters. The summed E-state index contributed by atoms with van der Waals surface area (Å²) in [6.07, 6.45) is 1.52. The number of anilines is 1. The van der Waals surface area contributed by atoms with Crippen LogP contribution in [-0.4, -0.2) is 25.8 Å². The molecule has 9 heteroatoms. The van der Waals surface area contributed by atoms with Crippen molar-refractivity contribution in [1.82, 2.24) is 19.9 Å². The van der Waals surface area contributed by atoms with Gasteiger partial charge in [0, 0.05) is 5.02 Å². The second-order valence-corrected chi connectivity index (χ2v) is 7.84. The molecule has 0 saturated carbocycles. The van der Waals surface area contributed by atoms with Crippen LogP contribution >= 0.6 is 11.6 Å². The van der Waals surface area contributed by atoms with Crippen LogP contribution in [0.15, 0.2) is 53.3 Å². The fourth-order valence-corrected chi connectivity index (χ4v) is 3.44. The number of amides is 1. The number of nitrogens with zero attached hydrogens (tertiary/aromatic N) is 4. The monoisotopic (exact) mass is 451 g/mol. The van der Waals surface area contributed by atoms with Crippen LogP contribution in [0.4, 0.5) is 5.95 Å². The van der Waals surface area contributed by atoms with E-state index >= 15 is 0 Å². The number of hydrogen-bond donors (Lipinski definition) is 1. The molecule has 2 aromatic heterocycles. The van der Waals surface area contributed by atoms with Crippen molar-refractivity contribution >= 4 is 23.5 Å². The van der Waals surface area contributed by atoms with Gasteiger partial charge in [0.05, 0.1) is 12.1 Å². The Bertz CT molecular complexity index is 1260. The Balaban J connectivity index is 1.44. The van der Waals surface area contributed by atoms with Gasteiger partial charge in [0.2, 0.25) is 5.95 Å². The van der Waals surface area contributed by atoms with E-state index < -0.39 is 5.91 Å². The Morgan fingerprint density at radius 1 is 1.19 bits per heavy atom. The minimum Gasteiger partial charge on any atom is -0.488 e. The van der Waals surface area contributed by atoms with Crippen LogP contribution in [-0.2, 0) is 13.2 Å². The molecule has 0 unspecified atom stereocenters. The first-order valence-electron chi connectivity index (χ1n) is 10.00. The van der Waals surface area contributed by atoms with E-state index in [-0.39, 0.29) is 18.2 Å². The smallest absolute Gasteiger partial charge is 0.280 e. The molecule has 8 nitrogen and oxygen atoms in total. The molecule has 0 radical (unpaired) electrons. The van der Waals surface area contributed by atoms with Crippen molar-refractivity contribution in [3.05, 3.63) is 87.5 Å². The number of nitrogens with one attached hydrogen (secondary N) is 1. The third kappa shape index (κ3) is 4.81. The van der Waals surface area contributed by atoms with E-state index in [9.17, 15) is 4.79 Å². The maximum atomic E-state index is 12.8. The van der Waals surface area contributed by atoms with E-state index in [1.54, 1.807) is 11.6 Å². The summed E-state index contributed by atoms with van der Waals surface area (Å²) in [7, 11) is 0. The zero-order valence-electron chi connectivity index (χ0n) is 17.9. The van der Waals surface area contributed by atoms with Crippen molar-refractivity contribution in [2.24, 2.45) is 0 Å². The van der Waals surface area contributed by atoms with Gasteiger partial charge in [-0.3, -0.25) is 10.1 Å². The van der Waals surface area contributed by atoms with E-state index in [2.05, 4.69) is 20.6 Å². The van der Waals surface area contributed by atoms with Gasteiger partial charge in [0.1, 0.15) is 24.4 Å². The van der Waals surface area contributed by atoms with Crippen molar-refractivity contribution in [2.75, 3.05) is 5.32 Å². The average Bonchev–Trinajstić information content (AvgIpc) is 3.35. The molecule has 0 saturated heterocycles. The van der Waals surface area contributed by atoms with Crippen LogP contribution in [0.3, 0.4) is 0 Å². The van der Waals surface area contributed by atoms with Crippen LogP contribution in [0.5, 0.6) is 5.75 Å². The van der Waals surface area contributed by atoms with Gasteiger partial charge in [-0.2, -0.15) is 0 Å². The molecular formula is C23H22ClN5O3. The minimum absolute atomic E-state index is 0.134. The molecule has 4 aromatic rings. The van der Waals surface area contributed by atoms with Crippen molar-refractivity contribution in [3.63, 3.8) is 0 Å². The highest BCUT2D eigenvalue weighted by Crippen LogP contribution is 2.22. The molecule has 0 aliphatic carbocycles. The Morgan fingerprint density at radius 2 is 2.00 bits per heavy atom. The molecule has 1 amide bonds. The highest BCUT2D eigenvalue weighted by atomic mass is 35.5. The summed E-state index contributed by atoms with van der Waals surface area (Å²) < 4.78 is 12.7. The molecule has 164 valence electrons. The van der Waals surface area contributed by atoms with E-state index in [0.717, 1.165) is 22.4 Å². The lowest BCUT2D eigenvalue weighted by Crippen LogP contribution is -2.16. The molecule has 4 rings (SSSR count). The first kappa shape index (κ1) is 21.6. The predicted molar refractivity (Wildman–Crippen MR) is 120 cm³/mol. The van der Waals surface area contributed by atoms with Gasteiger partial charge in [-0.1, -0.05) is 52.7 Å². The molecule has 32 heavy (non-hydrogen) atoms. The van der Waals surface area contributed by atoms with Gasteiger partial charge in [0.25, 0.3) is 5.91 Å². The van der Waals surface area contributed by atoms with Crippen LogP contribution in [0.2, 0.25) is 5.02 Å². The number of halogens is 1. The molecule has 1 N–H and O–H groups in total. The third-order valence-corrected chi connectivity index (χ3v) is 5.32. The Hall–Kier alpha value is -3.65. The number of carbonyl (C=O) groups excluding carboxylic acids is 1. The Morgan fingerprint density at radius 3 is 2.78 bits per heavy atom. The van der Waals surface area contributed by atoms with Gasteiger partial charge >= 0.3 is 0 Å². The van der Waals surface area contributed by atoms with Crippen molar-refractivity contribution < 1.29 is 14.1 Å². The number of hydrogen-bond acceptors (Lipinski definition) is 6. The second kappa shape index (κ2) is 9.23. The summed E-state index contributed by atoms with van der Waals surface area (Å²) >= 11 is 6.19. The molecule has 0 fully saturated rings. The number of ether oxygens (including phenoxy) is 1. The van der Waals surface area contributed by atoms with Crippen LogP contribution < -0.4 is 10.1 Å². The molecule has 0 aliphatic heterocycles. The normalized spacial score (nSPS) is 10.9. The summed E-state index contributed by atoms with van der Waals surface area (Å²) in [5.74, 6) is 0.931. The maximum Gasteiger partial charge on any atom is 0.280 e. The topological polar surface area (TPSA) is 95.1 Å². The lowest BCUT2D eigenvalue weighted by atomic mass is 10.1. The SMILES string of the molecule is Cc1ccc(OCc2c(C(=O)Nc3ncn(Cc4ccccc4Cl)n3)noc2C)c(C)c1. The molecule has 0 bridgehead atoms. The molecule has 2 heterocycles. The zero-order valence-corrected chi connectivity index (χ0v) is 18.7. The number of benzene rings is 2. The largest absolute Gasteiger partial charge is 0.488 e. The van der Waals surface area contributed by atoms with E-state index in [0.29, 0.717) is 22.9 Å².